The fraction of sp³-hybridized carbons (Fsp3) is 0.667. The van der Waals surface area contributed by atoms with Gasteiger partial charge < -0.3 is 5.32 Å². The van der Waals surface area contributed by atoms with Crippen LogP contribution in [0.2, 0.25) is 0 Å². The van der Waals surface area contributed by atoms with Gasteiger partial charge in [0.25, 0.3) is 5.91 Å². The first-order valence-electron chi connectivity index (χ1n) is 4.69. The van der Waals surface area contributed by atoms with E-state index in [4.69, 9.17) is 0 Å². The molecule has 0 aliphatic carbocycles. The van der Waals surface area contributed by atoms with Gasteiger partial charge in [0.05, 0.1) is 0 Å². The summed E-state index contributed by atoms with van der Waals surface area (Å²) in [6.45, 7) is 6.95. The number of amides is 1. The summed E-state index contributed by atoms with van der Waals surface area (Å²) >= 11 is 0. The topological polar surface area (TPSA) is 70.7 Å². The maximum atomic E-state index is 11.4. The van der Waals surface area contributed by atoms with Gasteiger partial charge in [0.15, 0.2) is 0 Å². The molecule has 0 spiro atoms. The highest BCUT2D eigenvalue weighted by molar-refractivity contribution is 5.90. The molecule has 0 bridgehead atoms. The van der Waals surface area contributed by atoms with E-state index < -0.39 is 0 Å². The van der Waals surface area contributed by atoms with Gasteiger partial charge in [-0.15, -0.1) is 0 Å². The zero-order valence-corrected chi connectivity index (χ0v) is 8.79. The van der Waals surface area contributed by atoms with Crippen LogP contribution in [0.1, 0.15) is 37.8 Å². The maximum Gasteiger partial charge on any atom is 0.288 e. The van der Waals surface area contributed by atoms with Crippen LogP contribution in [0.25, 0.3) is 0 Å². The lowest BCUT2D eigenvalue weighted by Gasteiger charge is -2.22. The number of rotatable bonds is 4. The lowest BCUT2D eigenvalue weighted by Crippen LogP contribution is -2.34. The van der Waals surface area contributed by atoms with Gasteiger partial charge in [-0.25, -0.2) is 4.98 Å². The average Bonchev–Trinajstić information content (AvgIpc) is 2.67. The van der Waals surface area contributed by atoms with Gasteiger partial charge in [0.1, 0.15) is 6.33 Å². The Kier molecular flexibility index (Phi) is 3.22. The van der Waals surface area contributed by atoms with Crippen LogP contribution in [-0.4, -0.2) is 27.6 Å². The molecule has 0 fully saturated rings. The third-order valence-electron chi connectivity index (χ3n) is 2.31. The van der Waals surface area contributed by atoms with Gasteiger partial charge in [-0.2, -0.15) is 5.10 Å². The fourth-order valence-electron chi connectivity index (χ4n) is 0.843. The second-order valence-corrected chi connectivity index (χ2v) is 4.03. The molecule has 2 N–H and O–H groups in total. The highest BCUT2D eigenvalue weighted by atomic mass is 16.2. The van der Waals surface area contributed by atoms with E-state index in [1.807, 2.05) is 0 Å². The molecule has 1 heterocycles. The van der Waals surface area contributed by atoms with Crippen molar-refractivity contribution in [1.82, 2.24) is 20.5 Å². The lowest BCUT2D eigenvalue weighted by atomic mass is 9.90. The number of H-pyrrole nitrogens is 1. The molecule has 1 aromatic heterocycles. The molecule has 0 unspecified atom stereocenters. The van der Waals surface area contributed by atoms with Crippen molar-refractivity contribution < 1.29 is 4.79 Å². The summed E-state index contributed by atoms with van der Waals surface area (Å²) in [5.41, 5.74) is 0.121. The number of aromatic nitrogens is 3. The normalized spacial score (nSPS) is 11.4. The third kappa shape index (κ3) is 2.83. The quantitative estimate of drug-likeness (QED) is 0.753. The molecule has 0 radical (unpaired) electrons. The Morgan fingerprint density at radius 1 is 1.64 bits per heavy atom. The Bertz CT molecular complexity index is 292. The smallest absolute Gasteiger partial charge is 0.288 e. The fourth-order valence-corrected chi connectivity index (χ4v) is 0.843. The van der Waals surface area contributed by atoms with Crippen molar-refractivity contribution >= 4 is 5.91 Å². The Morgan fingerprint density at radius 2 is 2.36 bits per heavy atom. The predicted octanol–water partition coefficient (Wildman–Crippen LogP) is 0.971. The van der Waals surface area contributed by atoms with Crippen molar-refractivity contribution in [3.63, 3.8) is 0 Å². The minimum atomic E-state index is -0.205. The number of aromatic amines is 1. The second kappa shape index (κ2) is 4.21. The Labute approximate surface area is 83.3 Å². The highest BCUT2D eigenvalue weighted by Gasteiger charge is 2.17. The van der Waals surface area contributed by atoms with Crippen LogP contribution >= 0.6 is 0 Å². The summed E-state index contributed by atoms with van der Waals surface area (Å²) in [7, 11) is 0. The Hall–Kier alpha value is -1.39. The van der Waals surface area contributed by atoms with Crippen LogP contribution in [0.3, 0.4) is 0 Å². The molecule has 1 rings (SSSR count). The molecule has 1 aromatic rings. The molecule has 5 heteroatoms. The molecule has 0 aliphatic rings. The summed E-state index contributed by atoms with van der Waals surface area (Å²) in [6, 6.07) is 0. The molecule has 0 aliphatic heterocycles. The van der Waals surface area contributed by atoms with Crippen LogP contribution in [0.4, 0.5) is 0 Å². The molecule has 1 amide bonds. The SMILES string of the molecule is CCC(C)(C)CNC(=O)c1ncn[nH]1. The van der Waals surface area contributed by atoms with Gasteiger partial charge in [-0.05, 0) is 11.8 Å². The summed E-state index contributed by atoms with van der Waals surface area (Å²) in [5.74, 6) is 0.0564. The minimum Gasteiger partial charge on any atom is -0.349 e. The zero-order chi connectivity index (χ0) is 10.6. The molecule has 78 valence electrons. The monoisotopic (exact) mass is 196 g/mol. The molecule has 14 heavy (non-hydrogen) atoms. The Balaban J connectivity index is 2.43. The van der Waals surface area contributed by atoms with Crippen molar-refractivity contribution in [3.05, 3.63) is 12.2 Å². The molecular formula is C9H16N4O. The second-order valence-electron chi connectivity index (χ2n) is 4.03. The zero-order valence-electron chi connectivity index (χ0n) is 8.79. The van der Waals surface area contributed by atoms with Crippen molar-refractivity contribution in [3.8, 4) is 0 Å². The van der Waals surface area contributed by atoms with Crippen LogP contribution < -0.4 is 5.32 Å². The van der Waals surface area contributed by atoms with Crippen LogP contribution in [0.15, 0.2) is 6.33 Å². The molecule has 0 atom stereocenters. The van der Waals surface area contributed by atoms with E-state index >= 15 is 0 Å². The third-order valence-corrected chi connectivity index (χ3v) is 2.31. The average molecular weight is 196 g/mol. The van der Waals surface area contributed by atoms with E-state index in [9.17, 15) is 4.79 Å². The molecular weight excluding hydrogens is 180 g/mol. The Morgan fingerprint density at radius 3 is 2.86 bits per heavy atom. The highest BCUT2D eigenvalue weighted by Crippen LogP contribution is 2.17. The summed E-state index contributed by atoms with van der Waals surface area (Å²) < 4.78 is 0. The number of hydrogen-bond acceptors (Lipinski definition) is 3. The van der Waals surface area contributed by atoms with E-state index in [0.29, 0.717) is 6.54 Å². The van der Waals surface area contributed by atoms with Crippen molar-refractivity contribution in [2.45, 2.75) is 27.2 Å². The van der Waals surface area contributed by atoms with E-state index in [1.165, 1.54) is 6.33 Å². The van der Waals surface area contributed by atoms with Crippen LogP contribution in [0, 0.1) is 5.41 Å². The molecule has 0 saturated carbocycles. The largest absolute Gasteiger partial charge is 0.349 e. The standard InChI is InChI=1S/C9H16N4O/c1-4-9(2,3)5-10-8(14)7-11-6-12-13-7/h6H,4-5H2,1-3H3,(H,10,14)(H,11,12,13). The first-order valence-corrected chi connectivity index (χ1v) is 4.69. The molecule has 0 aromatic carbocycles. The van der Waals surface area contributed by atoms with Crippen molar-refractivity contribution in [1.29, 1.82) is 0 Å². The molecule has 0 saturated heterocycles. The van der Waals surface area contributed by atoms with Crippen LogP contribution in [-0.2, 0) is 0 Å². The summed E-state index contributed by atoms with van der Waals surface area (Å²) in [4.78, 5) is 15.2. The van der Waals surface area contributed by atoms with E-state index in [1.54, 1.807) is 0 Å². The van der Waals surface area contributed by atoms with Gasteiger partial charge in [-0.1, -0.05) is 20.8 Å². The van der Waals surface area contributed by atoms with Crippen LogP contribution in [0.5, 0.6) is 0 Å². The van der Waals surface area contributed by atoms with Crippen molar-refractivity contribution in [2.75, 3.05) is 6.54 Å². The van der Waals surface area contributed by atoms with Crippen molar-refractivity contribution in [2.24, 2.45) is 5.41 Å². The van der Waals surface area contributed by atoms with Gasteiger partial charge in [0, 0.05) is 6.54 Å². The van der Waals surface area contributed by atoms with E-state index in [0.717, 1.165) is 6.42 Å². The first kappa shape index (κ1) is 10.7. The number of nitrogens with one attached hydrogen (secondary N) is 2. The minimum absolute atomic E-state index is 0.121. The number of carbonyl (C=O) groups is 1. The molecule has 5 nitrogen and oxygen atoms in total. The summed E-state index contributed by atoms with van der Waals surface area (Å²) in [5, 5.41) is 8.93. The van der Waals surface area contributed by atoms with E-state index in [2.05, 4.69) is 41.3 Å². The maximum absolute atomic E-state index is 11.4. The lowest BCUT2D eigenvalue weighted by molar-refractivity contribution is 0.0925. The summed E-state index contributed by atoms with van der Waals surface area (Å²) in [6.07, 6.45) is 2.34. The number of hydrogen-bond donors (Lipinski definition) is 2. The van der Waals surface area contributed by atoms with Gasteiger partial charge >= 0.3 is 0 Å². The van der Waals surface area contributed by atoms with Gasteiger partial charge in [-0.3, -0.25) is 9.89 Å². The first-order chi connectivity index (χ1) is 6.55. The number of carbonyl (C=O) groups excluding carboxylic acids is 1. The predicted molar refractivity (Wildman–Crippen MR) is 52.8 cm³/mol. The van der Waals surface area contributed by atoms with E-state index in [-0.39, 0.29) is 17.1 Å². The van der Waals surface area contributed by atoms with Gasteiger partial charge in [0.2, 0.25) is 5.82 Å². The number of nitrogens with zero attached hydrogens (tertiary/aromatic N) is 2.